The number of likely N-dealkylation sites (tertiary alicyclic amines) is 1. The molecule has 1 aromatic carbocycles. The minimum atomic E-state index is -0.0344. The van der Waals surface area contributed by atoms with Crippen molar-refractivity contribution in [2.45, 2.75) is 18.8 Å². The fourth-order valence-corrected chi connectivity index (χ4v) is 3.41. The second-order valence-electron chi connectivity index (χ2n) is 6.63. The molecule has 0 spiro atoms. The molecule has 1 aliphatic heterocycles. The summed E-state index contributed by atoms with van der Waals surface area (Å²) in [5.74, 6) is 2.02. The number of rotatable bonds is 4. The second-order valence-corrected chi connectivity index (χ2v) is 7.01. The number of hydrogen-bond donors (Lipinski definition) is 0. The summed E-state index contributed by atoms with van der Waals surface area (Å²) in [6, 6.07) is 10.8. The first kappa shape index (κ1) is 18.4. The van der Waals surface area contributed by atoms with Gasteiger partial charge in [-0.25, -0.2) is 4.98 Å². The van der Waals surface area contributed by atoms with E-state index in [-0.39, 0.29) is 11.8 Å². The van der Waals surface area contributed by atoms with Crippen molar-refractivity contribution in [1.29, 1.82) is 0 Å². The number of ether oxygens (including phenoxy) is 1. The lowest BCUT2D eigenvalue weighted by molar-refractivity contribution is 0.0710. The highest BCUT2D eigenvalue weighted by atomic mass is 35.5. The largest absolute Gasteiger partial charge is 0.497 e. The van der Waals surface area contributed by atoms with Crippen LogP contribution in [0.2, 0.25) is 5.15 Å². The van der Waals surface area contributed by atoms with Gasteiger partial charge in [0.15, 0.2) is 5.82 Å². The van der Waals surface area contributed by atoms with Crippen LogP contribution < -0.4 is 4.74 Å². The van der Waals surface area contributed by atoms with Crippen molar-refractivity contribution in [2.24, 2.45) is 0 Å². The van der Waals surface area contributed by atoms with Crippen LogP contribution in [0.1, 0.15) is 34.9 Å². The third-order valence-corrected chi connectivity index (χ3v) is 5.10. The predicted molar refractivity (Wildman–Crippen MR) is 103 cm³/mol. The molecular formula is C20H19ClN4O3. The second kappa shape index (κ2) is 7.98. The first-order valence-electron chi connectivity index (χ1n) is 9.03. The summed E-state index contributed by atoms with van der Waals surface area (Å²) < 4.78 is 10.7. The maximum Gasteiger partial charge on any atom is 0.258 e. The van der Waals surface area contributed by atoms with Gasteiger partial charge in [0.1, 0.15) is 10.9 Å². The summed E-state index contributed by atoms with van der Waals surface area (Å²) >= 11 is 5.79. The summed E-state index contributed by atoms with van der Waals surface area (Å²) in [6.45, 7) is 1.27. The number of halogens is 1. The van der Waals surface area contributed by atoms with Crippen LogP contribution in [0.4, 0.5) is 0 Å². The molecule has 3 aromatic rings. The van der Waals surface area contributed by atoms with E-state index in [1.54, 1.807) is 19.2 Å². The molecule has 1 amide bonds. The molecule has 0 radical (unpaired) electrons. The molecule has 3 heterocycles. The van der Waals surface area contributed by atoms with E-state index < -0.39 is 0 Å². The first-order valence-corrected chi connectivity index (χ1v) is 9.40. The van der Waals surface area contributed by atoms with Crippen LogP contribution >= 0.6 is 11.6 Å². The molecule has 1 saturated heterocycles. The Bertz CT molecular complexity index is 966. The Kier molecular flexibility index (Phi) is 5.25. The number of amides is 1. The van der Waals surface area contributed by atoms with Gasteiger partial charge in [0.05, 0.1) is 12.7 Å². The Hall–Kier alpha value is -2.93. The average Bonchev–Trinajstić information content (AvgIpc) is 3.24. The molecule has 0 aliphatic carbocycles. The quantitative estimate of drug-likeness (QED) is 0.621. The molecule has 4 rings (SSSR count). The summed E-state index contributed by atoms with van der Waals surface area (Å²) in [5, 5.41) is 4.53. The molecule has 0 saturated carbocycles. The molecule has 7 nitrogen and oxygen atoms in total. The van der Waals surface area contributed by atoms with Crippen LogP contribution in [0.5, 0.6) is 5.75 Å². The fourth-order valence-electron chi connectivity index (χ4n) is 3.30. The minimum Gasteiger partial charge on any atom is -0.497 e. The SMILES string of the molecule is COc1cccc(-c2nc(C3CCN(C(=O)c4ccc(Cl)nc4)CC3)no2)c1. The number of aromatic nitrogens is 3. The van der Waals surface area contributed by atoms with E-state index in [1.165, 1.54) is 6.20 Å². The smallest absolute Gasteiger partial charge is 0.258 e. The summed E-state index contributed by atoms with van der Waals surface area (Å²) in [5.41, 5.74) is 1.36. The number of pyridine rings is 1. The minimum absolute atomic E-state index is 0.0344. The Morgan fingerprint density at radius 3 is 2.79 bits per heavy atom. The zero-order valence-corrected chi connectivity index (χ0v) is 16.1. The van der Waals surface area contributed by atoms with E-state index in [9.17, 15) is 4.79 Å². The van der Waals surface area contributed by atoms with Crippen LogP contribution in [0.25, 0.3) is 11.5 Å². The molecular weight excluding hydrogens is 380 g/mol. The van der Waals surface area contributed by atoms with Gasteiger partial charge in [-0.15, -0.1) is 0 Å². The maximum absolute atomic E-state index is 12.6. The third-order valence-electron chi connectivity index (χ3n) is 4.88. The van der Waals surface area contributed by atoms with Gasteiger partial charge in [0.2, 0.25) is 0 Å². The van der Waals surface area contributed by atoms with Gasteiger partial charge < -0.3 is 14.2 Å². The lowest BCUT2D eigenvalue weighted by Gasteiger charge is -2.30. The van der Waals surface area contributed by atoms with Crippen molar-refractivity contribution in [3.8, 4) is 17.2 Å². The van der Waals surface area contributed by atoms with Crippen LogP contribution in [0.15, 0.2) is 47.1 Å². The molecule has 144 valence electrons. The van der Waals surface area contributed by atoms with E-state index in [0.29, 0.717) is 35.5 Å². The highest BCUT2D eigenvalue weighted by Gasteiger charge is 2.27. The highest BCUT2D eigenvalue weighted by Crippen LogP contribution is 2.29. The van der Waals surface area contributed by atoms with E-state index in [2.05, 4.69) is 15.1 Å². The predicted octanol–water partition coefficient (Wildman–Crippen LogP) is 3.81. The number of methoxy groups -OCH3 is 1. The number of carbonyl (C=O) groups excluding carboxylic acids is 1. The molecule has 1 fully saturated rings. The van der Waals surface area contributed by atoms with Crippen molar-refractivity contribution in [2.75, 3.05) is 20.2 Å². The Morgan fingerprint density at radius 2 is 2.07 bits per heavy atom. The Morgan fingerprint density at radius 1 is 1.25 bits per heavy atom. The summed E-state index contributed by atoms with van der Waals surface area (Å²) in [4.78, 5) is 22.9. The van der Waals surface area contributed by atoms with E-state index in [4.69, 9.17) is 20.9 Å². The topological polar surface area (TPSA) is 81.4 Å². The molecule has 0 bridgehead atoms. The molecule has 28 heavy (non-hydrogen) atoms. The molecule has 8 heteroatoms. The van der Waals surface area contributed by atoms with Gasteiger partial charge in [-0.2, -0.15) is 4.98 Å². The van der Waals surface area contributed by atoms with Gasteiger partial charge in [-0.05, 0) is 43.2 Å². The van der Waals surface area contributed by atoms with Crippen molar-refractivity contribution in [3.63, 3.8) is 0 Å². The van der Waals surface area contributed by atoms with Crippen molar-refractivity contribution in [3.05, 3.63) is 59.1 Å². The number of piperidine rings is 1. The third kappa shape index (κ3) is 3.84. The lowest BCUT2D eigenvalue weighted by Crippen LogP contribution is -2.38. The maximum atomic E-state index is 12.6. The highest BCUT2D eigenvalue weighted by molar-refractivity contribution is 6.29. The number of carbonyl (C=O) groups is 1. The van der Waals surface area contributed by atoms with Crippen LogP contribution in [0, 0.1) is 0 Å². The van der Waals surface area contributed by atoms with Gasteiger partial charge in [0.25, 0.3) is 11.8 Å². The standard InChI is InChI=1S/C20H19ClN4O3/c1-27-16-4-2-3-14(11-16)19-23-18(24-28-19)13-7-9-25(10-8-13)20(26)15-5-6-17(21)22-12-15/h2-6,11-13H,7-10H2,1H3. The monoisotopic (exact) mass is 398 g/mol. The number of benzene rings is 1. The lowest BCUT2D eigenvalue weighted by atomic mass is 9.95. The molecule has 0 atom stereocenters. The van der Waals surface area contributed by atoms with Crippen molar-refractivity contribution < 1.29 is 14.1 Å². The molecule has 0 N–H and O–H groups in total. The van der Waals surface area contributed by atoms with E-state index >= 15 is 0 Å². The van der Waals surface area contributed by atoms with Crippen LogP contribution in [0.3, 0.4) is 0 Å². The molecule has 2 aromatic heterocycles. The normalized spacial score (nSPS) is 14.9. The van der Waals surface area contributed by atoms with Gasteiger partial charge in [-0.3, -0.25) is 4.79 Å². The first-order chi connectivity index (χ1) is 13.6. The van der Waals surface area contributed by atoms with E-state index in [0.717, 1.165) is 24.2 Å². The molecule has 1 aliphatic rings. The Labute approximate surface area is 167 Å². The van der Waals surface area contributed by atoms with Gasteiger partial charge in [-0.1, -0.05) is 22.8 Å². The van der Waals surface area contributed by atoms with E-state index in [1.807, 2.05) is 29.2 Å². The summed E-state index contributed by atoms with van der Waals surface area (Å²) in [7, 11) is 1.62. The van der Waals surface area contributed by atoms with Gasteiger partial charge >= 0.3 is 0 Å². The van der Waals surface area contributed by atoms with Crippen molar-refractivity contribution in [1.82, 2.24) is 20.0 Å². The van der Waals surface area contributed by atoms with Crippen LogP contribution in [-0.2, 0) is 0 Å². The zero-order valence-electron chi connectivity index (χ0n) is 15.3. The number of nitrogens with zero attached hydrogens (tertiary/aromatic N) is 4. The van der Waals surface area contributed by atoms with Gasteiger partial charge in [0, 0.05) is 30.8 Å². The zero-order chi connectivity index (χ0) is 19.5. The molecule has 0 unspecified atom stereocenters. The van der Waals surface area contributed by atoms with Crippen LogP contribution in [-0.4, -0.2) is 46.1 Å². The van der Waals surface area contributed by atoms with Crippen molar-refractivity contribution >= 4 is 17.5 Å². The average molecular weight is 399 g/mol. The summed E-state index contributed by atoms with van der Waals surface area (Å²) in [6.07, 6.45) is 3.07. The Balaban J connectivity index is 1.41. The fraction of sp³-hybridized carbons (Fsp3) is 0.300. The number of hydrogen-bond acceptors (Lipinski definition) is 6.